The molecule has 66 valence electrons. The third kappa shape index (κ3) is 2.46. The fraction of sp³-hybridized carbons (Fsp3) is 1.00. The molecule has 1 atom stereocenters. The molecule has 1 fully saturated rings. The second kappa shape index (κ2) is 4.07. The number of hydrogen-bond acceptors (Lipinski definition) is 2. The van der Waals surface area contributed by atoms with Gasteiger partial charge in [-0.15, -0.1) is 0 Å². The zero-order valence-electron chi connectivity index (χ0n) is 7.58. The van der Waals surface area contributed by atoms with Gasteiger partial charge in [0.2, 0.25) is 0 Å². The van der Waals surface area contributed by atoms with E-state index in [2.05, 4.69) is 19.0 Å². The normalized spacial score (nSPS) is 21.8. The third-order valence-electron chi connectivity index (χ3n) is 2.65. The van der Waals surface area contributed by atoms with Gasteiger partial charge in [-0.2, -0.15) is 0 Å². The Morgan fingerprint density at radius 3 is 2.36 bits per heavy atom. The van der Waals surface area contributed by atoms with Crippen molar-refractivity contribution in [1.29, 1.82) is 0 Å². The number of aliphatic hydroxyl groups excluding tert-OH is 1. The van der Waals surface area contributed by atoms with E-state index >= 15 is 0 Å². The van der Waals surface area contributed by atoms with Crippen LogP contribution in [0.4, 0.5) is 0 Å². The van der Waals surface area contributed by atoms with Gasteiger partial charge in [0.15, 0.2) is 0 Å². The van der Waals surface area contributed by atoms with Gasteiger partial charge in [-0.1, -0.05) is 19.3 Å². The van der Waals surface area contributed by atoms with Crippen molar-refractivity contribution in [3.05, 3.63) is 0 Å². The molecule has 0 saturated heterocycles. The number of aliphatic hydroxyl groups is 1. The molecule has 1 unspecified atom stereocenters. The summed E-state index contributed by atoms with van der Waals surface area (Å²) in [7, 11) is 4.14. The molecule has 11 heavy (non-hydrogen) atoms. The maximum atomic E-state index is 9.08. The monoisotopic (exact) mass is 157 g/mol. The third-order valence-corrected chi connectivity index (χ3v) is 2.65. The van der Waals surface area contributed by atoms with Crippen molar-refractivity contribution in [2.75, 3.05) is 27.2 Å². The molecule has 0 radical (unpaired) electrons. The molecule has 0 aromatic heterocycles. The highest BCUT2D eigenvalue weighted by Gasteiger charge is 2.26. The number of hydrogen-bond donors (Lipinski definition) is 1. The minimum atomic E-state index is 0.364. The Kier molecular flexibility index (Phi) is 3.34. The summed E-state index contributed by atoms with van der Waals surface area (Å²) in [5.41, 5.74) is 0. The first-order valence-corrected chi connectivity index (χ1v) is 4.49. The fourth-order valence-corrected chi connectivity index (χ4v) is 1.74. The summed E-state index contributed by atoms with van der Waals surface area (Å²) in [4.78, 5) is 2.17. The quantitative estimate of drug-likeness (QED) is 0.657. The maximum Gasteiger partial charge on any atom is 0.0474 e. The molecule has 0 aliphatic heterocycles. The van der Waals surface area contributed by atoms with Crippen molar-refractivity contribution in [2.24, 2.45) is 11.8 Å². The van der Waals surface area contributed by atoms with Crippen LogP contribution in [0.2, 0.25) is 0 Å². The van der Waals surface area contributed by atoms with Crippen molar-refractivity contribution in [2.45, 2.75) is 19.3 Å². The summed E-state index contributed by atoms with van der Waals surface area (Å²) in [6.45, 7) is 1.41. The average molecular weight is 157 g/mol. The van der Waals surface area contributed by atoms with Crippen molar-refractivity contribution in [1.82, 2.24) is 4.90 Å². The van der Waals surface area contributed by atoms with Gasteiger partial charge in [0, 0.05) is 13.2 Å². The summed E-state index contributed by atoms with van der Waals surface area (Å²) in [5, 5.41) is 9.08. The van der Waals surface area contributed by atoms with Crippen LogP contribution in [0, 0.1) is 11.8 Å². The van der Waals surface area contributed by atoms with Crippen LogP contribution in [0.3, 0.4) is 0 Å². The average Bonchev–Trinajstić information content (AvgIpc) is 1.81. The van der Waals surface area contributed by atoms with Crippen LogP contribution in [-0.2, 0) is 0 Å². The van der Waals surface area contributed by atoms with Crippen molar-refractivity contribution in [3.63, 3.8) is 0 Å². The summed E-state index contributed by atoms with van der Waals surface area (Å²) in [6.07, 6.45) is 4.03. The predicted molar refractivity (Wildman–Crippen MR) is 46.5 cm³/mol. The van der Waals surface area contributed by atoms with E-state index in [1.54, 1.807) is 0 Å². The molecule has 1 rings (SSSR count). The smallest absolute Gasteiger partial charge is 0.0474 e. The van der Waals surface area contributed by atoms with Crippen LogP contribution in [0.25, 0.3) is 0 Å². The molecule has 2 heteroatoms. The second-order valence-corrected chi connectivity index (χ2v) is 3.90. The Hall–Kier alpha value is -0.0800. The van der Waals surface area contributed by atoms with E-state index in [0.717, 1.165) is 12.5 Å². The van der Waals surface area contributed by atoms with E-state index < -0.39 is 0 Å². The molecule has 0 aromatic carbocycles. The van der Waals surface area contributed by atoms with Crippen LogP contribution in [0.1, 0.15) is 19.3 Å². The largest absolute Gasteiger partial charge is 0.396 e. The molecule has 0 bridgehead atoms. The Morgan fingerprint density at radius 2 is 2.09 bits per heavy atom. The maximum absolute atomic E-state index is 9.08. The molecule has 1 N–H and O–H groups in total. The zero-order valence-corrected chi connectivity index (χ0v) is 7.58. The SMILES string of the molecule is CN(C)CC(CO)C1CCC1. The van der Waals surface area contributed by atoms with Gasteiger partial charge in [-0.3, -0.25) is 0 Å². The summed E-state index contributed by atoms with van der Waals surface area (Å²) in [5.74, 6) is 1.33. The highest BCUT2D eigenvalue weighted by atomic mass is 16.3. The van der Waals surface area contributed by atoms with E-state index in [1.807, 2.05) is 0 Å². The molecule has 1 aliphatic rings. The predicted octanol–water partition coefficient (Wildman–Crippen LogP) is 0.957. The van der Waals surface area contributed by atoms with Crippen molar-refractivity contribution < 1.29 is 5.11 Å². The highest BCUT2D eigenvalue weighted by Crippen LogP contribution is 2.33. The Labute approximate surface area is 69.2 Å². The van der Waals surface area contributed by atoms with Crippen LogP contribution in [-0.4, -0.2) is 37.3 Å². The van der Waals surface area contributed by atoms with E-state index in [0.29, 0.717) is 12.5 Å². The van der Waals surface area contributed by atoms with E-state index in [1.165, 1.54) is 19.3 Å². The van der Waals surface area contributed by atoms with Gasteiger partial charge in [0.25, 0.3) is 0 Å². The lowest BCUT2D eigenvalue weighted by Gasteiger charge is -2.34. The van der Waals surface area contributed by atoms with Gasteiger partial charge in [-0.05, 0) is 25.9 Å². The molecule has 0 heterocycles. The molecular weight excluding hydrogens is 138 g/mol. The zero-order chi connectivity index (χ0) is 8.27. The molecule has 0 aromatic rings. The lowest BCUT2D eigenvalue weighted by atomic mass is 9.76. The summed E-state index contributed by atoms with van der Waals surface area (Å²) < 4.78 is 0. The standard InChI is InChI=1S/C9H19NO/c1-10(2)6-9(7-11)8-4-3-5-8/h8-9,11H,3-7H2,1-2H3. The molecule has 2 nitrogen and oxygen atoms in total. The number of rotatable bonds is 4. The summed E-state index contributed by atoms with van der Waals surface area (Å²) >= 11 is 0. The van der Waals surface area contributed by atoms with E-state index in [-0.39, 0.29) is 0 Å². The first-order valence-electron chi connectivity index (χ1n) is 4.49. The lowest BCUT2D eigenvalue weighted by molar-refractivity contribution is 0.0997. The first kappa shape index (κ1) is 9.01. The second-order valence-electron chi connectivity index (χ2n) is 3.90. The molecule has 1 saturated carbocycles. The van der Waals surface area contributed by atoms with Gasteiger partial charge in [0.1, 0.15) is 0 Å². The molecular formula is C9H19NO. The Balaban J connectivity index is 2.23. The van der Waals surface area contributed by atoms with Gasteiger partial charge in [0.05, 0.1) is 0 Å². The van der Waals surface area contributed by atoms with E-state index in [9.17, 15) is 0 Å². The Bertz CT molecular complexity index is 110. The van der Waals surface area contributed by atoms with Crippen LogP contribution >= 0.6 is 0 Å². The fourth-order valence-electron chi connectivity index (χ4n) is 1.74. The van der Waals surface area contributed by atoms with E-state index in [4.69, 9.17) is 5.11 Å². The molecule has 0 amide bonds. The van der Waals surface area contributed by atoms with Crippen LogP contribution in [0.5, 0.6) is 0 Å². The van der Waals surface area contributed by atoms with Gasteiger partial charge in [-0.25, -0.2) is 0 Å². The first-order chi connectivity index (χ1) is 5.24. The highest BCUT2D eigenvalue weighted by molar-refractivity contribution is 4.78. The van der Waals surface area contributed by atoms with Crippen molar-refractivity contribution >= 4 is 0 Å². The molecule has 1 aliphatic carbocycles. The van der Waals surface area contributed by atoms with Gasteiger partial charge < -0.3 is 10.0 Å². The van der Waals surface area contributed by atoms with Gasteiger partial charge >= 0.3 is 0 Å². The van der Waals surface area contributed by atoms with Crippen LogP contribution < -0.4 is 0 Å². The topological polar surface area (TPSA) is 23.5 Å². The van der Waals surface area contributed by atoms with Crippen LogP contribution in [0.15, 0.2) is 0 Å². The number of nitrogens with zero attached hydrogens (tertiary/aromatic N) is 1. The minimum absolute atomic E-state index is 0.364. The van der Waals surface area contributed by atoms with Crippen molar-refractivity contribution in [3.8, 4) is 0 Å². The Morgan fingerprint density at radius 1 is 1.45 bits per heavy atom. The minimum Gasteiger partial charge on any atom is -0.396 e. The summed E-state index contributed by atoms with van der Waals surface area (Å²) in [6, 6.07) is 0. The lowest BCUT2D eigenvalue weighted by Crippen LogP contribution is -2.33. The molecule has 0 spiro atoms.